The summed E-state index contributed by atoms with van der Waals surface area (Å²) in [4.78, 5) is 22.9. The number of nitrogens with one attached hydrogen (secondary N) is 1. The maximum absolute atomic E-state index is 11.9. The van der Waals surface area contributed by atoms with Gasteiger partial charge in [-0.05, 0) is 31.9 Å². The summed E-state index contributed by atoms with van der Waals surface area (Å²) in [5.74, 6) is -1.16. The average Bonchev–Trinajstić information content (AvgIpc) is 2.38. The third-order valence-corrected chi connectivity index (χ3v) is 4.69. The first-order chi connectivity index (χ1) is 8.54. The van der Waals surface area contributed by atoms with Gasteiger partial charge in [-0.15, -0.1) is 0 Å². The van der Waals surface area contributed by atoms with Crippen LogP contribution in [0.15, 0.2) is 0 Å². The minimum atomic E-state index is -0.761. The lowest BCUT2D eigenvalue weighted by atomic mass is 9.81. The molecule has 1 fully saturated rings. The number of carboxylic acids is 1. The van der Waals surface area contributed by atoms with Gasteiger partial charge in [0, 0.05) is 17.7 Å². The molecular weight excluding hydrogens is 250 g/mol. The van der Waals surface area contributed by atoms with Crippen molar-refractivity contribution >= 4 is 23.6 Å². The molecule has 4 nitrogen and oxygen atoms in total. The number of carboxylic acid groups (broad SMARTS) is 1. The van der Waals surface area contributed by atoms with Gasteiger partial charge in [-0.3, -0.25) is 9.59 Å². The monoisotopic (exact) mass is 273 g/mol. The number of carbonyl (C=O) groups excluding carboxylic acids is 1. The first-order valence-electron chi connectivity index (χ1n) is 6.58. The molecule has 1 rings (SSSR count). The Labute approximate surface area is 113 Å². The molecule has 0 aromatic rings. The largest absolute Gasteiger partial charge is 0.481 e. The number of thioether (sulfide) groups is 1. The van der Waals surface area contributed by atoms with Crippen LogP contribution >= 0.6 is 11.8 Å². The van der Waals surface area contributed by atoms with Gasteiger partial charge >= 0.3 is 5.97 Å². The molecule has 18 heavy (non-hydrogen) atoms. The Balaban J connectivity index is 2.30. The van der Waals surface area contributed by atoms with Gasteiger partial charge in [0.25, 0.3) is 0 Å². The van der Waals surface area contributed by atoms with Crippen LogP contribution in [-0.4, -0.2) is 35.0 Å². The van der Waals surface area contributed by atoms with E-state index in [4.69, 9.17) is 5.11 Å². The molecule has 1 aliphatic rings. The Morgan fingerprint density at radius 2 is 2.06 bits per heavy atom. The second-order valence-corrected chi connectivity index (χ2v) is 6.30. The molecule has 0 spiro atoms. The van der Waals surface area contributed by atoms with Gasteiger partial charge in [-0.1, -0.05) is 13.3 Å². The molecule has 1 amide bonds. The Morgan fingerprint density at radius 3 is 2.67 bits per heavy atom. The highest BCUT2D eigenvalue weighted by Gasteiger charge is 2.30. The molecule has 2 N–H and O–H groups in total. The number of hydrogen-bond acceptors (Lipinski definition) is 3. The molecule has 0 heterocycles. The molecule has 104 valence electrons. The van der Waals surface area contributed by atoms with E-state index in [1.807, 2.05) is 0 Å². The lowest BCUT2D eigenvalue weighted by Crippen LogP contribution is -2.36. The summed E-state index contributed by atoms with van der Waals surface area (Å²) in [5, 5.41) is 12.5. The summed E-state index contributed by atoms with van der Waals surface area (Å²) in [6.07, 6.45) is 5.90. The van der Waals surface area contributed by atoms with Crippen LogP contribution in [0.1, 0.15) is 39.0 Å². The summed E-state index contributed by atoms with van der Waals surface area (Å²) in [5.41, 5.74) is 0. The second kappa shape index (κ2) is 7.67. The van der Waals surface area contributed by atoms with Crippen molar-refractivity contribution in [3.05, 3.63) is 0 Å². The predicted octanol–water partition coefficient (Wildman–Crippen LogP) is 2.14. The standard InChI is InChI=1S/C13H23NO3S/c1-9(18-2)6-7-14-12(15)10-4-3-5-11(8-10)13(16)17/h9-11H,3-8H2,1-2H3,(H,14,15)(H,16,17). The Morgan fingerprint density at radius 1 is 1.39 bits per heavy atom. The smallest absolute Gasteiger partial charge is 0.306 e. The van der Waals surface area contributed by atoms with Gasteiger partial charge in [0.15, 0.2) is 0 Å². The number of hydrogen-bond donors (Lipinski definition) is 2. The highest BCUT2D eigenvalue weighted by Crippen LogP contribution is 2.29. The molecule has 0 radical (unpaired) electrons. The van der Waals surface area contributed by atoms with Crippen LogP contribution in [0.25, 0.3) is 0 Å². The van der Waals surface area contributed by atoms with Crippen molar-refractivity contribution in [3.63, 3.8) is 0 Å². The Bertz CT molecular complexity index is 296. The van der Waals surface area contributed by atoms with Gasteiger partial charge in [-0.2, -0.15) is 11.8 Å². The number of amides is 1. The van der Waals surface area contributed by atoms with Crippen LogP contribution in [0.4, 0.5) is 0 Å². The highest BCUT2D eigenvalue weighted by molar-refractivity contribution is 7.99. The molecule has 0 aromatic heterocycles. The van der Waals surface area contributed by atoms with E-state index in [0.717, 1.165) is 19.3 Å². The molecule has 1 aliphatic carbocycles. The summed E-state index contributed by atoms with van der Waals surface area (Å²) in [6.45, 7) is 2.83. The van der Waals surface area contributed by atoms with Crippen LogP contribution in [-0.2, 0) is 9.59 Å². The molecule has 0 bridgehead atoms. The first-order valence-corrected chi connectivity index (χ1v) is 7.86. The third kappa shape index (κ3) is 4.88. The zero-order valence-corrected chi connectivity index (χ0v) is 12.0. The second-order valence-electron chi connectivity index (χ2n) is 5.02. The van der Waals surface area contributed by atoms with E-state index >= 15 is 0 Å². The third-order valence-electron chi connectivity index (χ3n) is 3.65. The van der Waals surface area contributed by atoms with E-state index in [-0.39, 0.29) is 17.7 Å². The number of rotatable bonds is 6. The summed E-state index contributed by atoms with van der Waals surface area (Å²) in [6, 6.07) is 0. The van der Waals surface area contributed by atoms with Crippen LogP contribution in [0.3, 0.4) is 0 Å². The van der Waals surface area contributed by atoms with E-state index < -0.39 is 5.97 Å². The molecule has 0 aliphatic heterocycles. The lowest BCUT2D eigenvalue weighted by molar-refractivity contribution is -0.144. The van der Waals surface area contributed by atoms with E-state index in [1.165, 1.54) is 0 Å². The molecule has 3 atom stereocenters. The fourth-order valence-electron chi connectivity index (χ4n) is 2.31. The summed E-state index contributed by atoms with van der Waals surface area (Å²) in [7, 11) is 0. The van der Waals surface area contributed by atoms with Gasteiger partial charge in [0.1, 0.15) is 0 Å². The molecule has 0 aromatic carbocycles. The topological polar surface area (TPSA) is 66.4 Å². The van der Waals surface area contributed by atoms with Crippen molar-refractivity contribution in [3.8, 4) is 0 Å². The molecule has 3 unspecified atom stereocenters. The zero-order chi connectivity index (χ0) is 13.5. The predicted molar refractivity (Wildman–Crippen MR) is 73.7 cm³/mol. The maximum Gasteiger partial charge on any atom is 0.306 e. The summed E-state index contributed by atoms with van der Waals surface area (Å²) < 4.78 is 0. The normalized spacial score (nSPS) is 25.4. The molecule has 5 heteroatoms. The Hall–Kier alpha value is -0.710. The van der Waals surface area contributed by atoms with Crippen molar-refractivity contribution in [2.75, 3.05) is 12.8 Å². The van der Waals surface area contributed by atoms with Gasteiger partial charge in [0.2, 0.25) is 5.91 Å². The van der Waals surface area contributed by atoms with Crippen LogP contribution in [0.2, 0.25) is 0 Å². The van der Waals surface area contributed by atoms with Crippen LogP contribution in [0.5, 0.6) is 0 Å². The maximum atomic E-state index is 11.9. The molecule has 1 saturated carbocycles. The number of carbonyl (C=O) groups is 2. The van der Waals surface area contributed by atoms with E-state index in [1.54, 1.807) is 11.8 Å². The van der Waals surface area contributed by atoms with E-state index in [2.05, 4.69) is 18.5 Å². The molecule has 0 saturated heterocycles. The van der Waals surface area contributed by atoms with Crippen LogP contribution in [0, 0.1) is 11.8 Å². The van der Waals surface area contributed by atoms with E-state index in [0.29, 0.717) is 24.6 Å². The van der Waals surface area contributed by atoms with Crippen molar-refractivity contribution in [1.82, 2.24) is 5.32 Å². The quantitative estimate of drug-likeness (QED) is 0.778. The fourth-order valence-corrected chi connectivity index (χ4v) is 2.67. The van der Waals surface area contributed by atoms with Crippen LogP contribution < -0.4 is 5.32 Å². The van der Waals surface area contributed by atoms with Crippen molar-refractivity contribution < 1.29 is 14.7 Å². The zero-order valence-electron chi connectivity index (χ0n) is 11.1. The average molecular weight is 273 g/mol. The highest BCUT2D eigenvalue weighted by atomic mass is 32.2. The van der Waals surface area contributed by atoms with Crippen molar-refractivity contribution in [2.45, 2.75) is 44.3 Å². The van der Waals surface area contributed by atoms with Crippen molar-refractivity contribution in [1.29, 1.82) is 0 Å². The van der Waals surface area contributed by atoms with Gasteiger partial charge in [-0.25, -0.2) is 0 Å². The van der Waals surface area contributed by atoms with Crippen molar-refractivity contribution in [2.24, 2.45) is 11.8 Å². The molecular formula is C13H23NO3S. The summed E-state index contributed by atoms with van der Waals surface area (Å²) >= 11 is 1.79. The minimum absolute atomic E-state index is 0.0363. The minimum Gasteiger partial charge on any atom is -0.481 e. The van der Waals surface area contributed by atoms with Gasteiger partial charge in [0.05, 0.1) is 5.92 Å². The lowest BCUT2D eigenvalue weighted by Gasteiger charge is -2.25. The number of aliphatic carboxylic acids is 1. The SMILES string of the molecule is CSC(C)CCNC(=O)C1CCCC(C(=O)O)C1. The van der Waals surface area contributed by atoms with E-state index in [9.17, 15) is 9.59 Å². The fraction of sp³-hybridized carbons (Fsp3) is 0.846. The first kappa shape index (κ1) is 15.3. The van der Waals surface area contributed by atoms with Gasteiger partial charge < -0.3 is 10.4 Å². The Kier molecular flexibility index (Phi) is 6.54.